The molecule has 0 fully saturated rings. The SMILES string of the molecule is CC(C)(C)P.CCCCCC. The summed E-state index contributed by atoms with van der Waals surface area (Å²) >= 11 is 0. The second-order valence-electron chi connectivity index (χ2n) is 4.07. The van der Waals surface area contributed by atoms with E-state index < -0.39 is 0 Å². The summed E-state index contributed by atoms with van der Waals surface area (Å²) in [7, 11) is 2.72. The van der Waals surface area contributed by atoms with Gasteiger partial charge in [0.15, 0.2) is 0 Å². The third-order valence-electron chi connectivity index (χ3n) is 0.957. The lowest BCUT2D eigenvalue weighted by atomic mass is 10.2. The second-order valence-corrected chi connectivity index (χ2v) is 5.81. The van der Waals surface area contributed by atoms with Crippen molar-refractivity contribution in [2.24, 2.45) is 0 Å². The average Bonchev–Trinajstić information content (AvgIpc) is 1.79. The molecule has 0 aromatic carbocycles. The van der Waals surface area contributed by atoms with Crippen LogP contribution in [0.2, 0.25) is 0 Å². The Balaban J connectivity index is 0. The number of hydrogen-bond acceptors (Lipinski definition) is 0. The highest BCUT2D eigenvalue weighted by Crippen LogP contribution is 2.12. The van der Waals surface area contributed by atoms with Gasteiger partial charge in [-0.05, 0) is 5.16 Å². The quantitative estimate of drug-likeness (QED) is 0.445. The molecule has 0 aliphatic heterocycles. The van der Waals surface area contributed by atoms with Crippen LogP contribution in [-0.2, 0) is 0 Å². The van der Waals surface area contributed by atoms with Crippen LogP contribution in [0.5, 0.6) is 0 Å². The van der Waals surface area contributed by atoms with Crippen LogP contribution in [0.1, 0.15) is 60.3 Å². The molecule has 0 amide bonds. The van der Waals surface area contributed by atoms with E-state index in [1.165, 1.54) is 25.7 Å². The molecule has 0 saturated carbocycles. The highest BCUT2D eigenvalue weighted by atomic mass is 31.0. The molecular formula is C10H25P. The van der Waals surface area contributed by atoms with Crippen molar-refractivity contribution >= 4 is 9.24 Å². The van der Waals surface area contributed by atoms with Gasteiger partial charge in [-0.25, -0.2) is 0 Å². The zero-order valence-electron chi connectivity index (χ0n) is 8.91. The van der Waals surface area contributed by atoms with Crippen LogP contribution in [0.15, 0.2) is 0 Å². The molecule has 0 saturated heterocycles. The van der Waals surface area contributed by atoms with E-state index in [1.807, 2.05) is 0 Å². The molecule has 0 aliphatic rings. The van der Waals surface area contributed by atoms with Gasteiger partial charge in [0.2, 0.25) is 0 Å². The van der Waals surface area contributed by atoms with Crippen molar-refractivity contribution in [1.29, 1.82) is 0 Å². The van der Waals surface area contributed by atoms with Crippen molar-refractivity contribution in [3.63, 3.8) is 0 Å². The van der Waals surface area contributed by atoms with E-state index in [0.29, 0.717) is 5.16 Å². The first kappa shape index (κ1) is 14.0. The van der Waals surface area contributed by atoms with Gasteiger partial charge in [0.25, 0.3) is 0 Å². The van der Waals surface area contributed by atoms with Gasteiger partial charge in [0, 0.05) is 0 Å². The number of rotatable bonds is 3. The molecule has 1 heteroatoms. The number of unbranched alkanes of at least 4 members (excludes halogenated alkanes) is 3. The van der Waals surface area contributed by atoms with Gasteiger partial charge in [-0.2, -0.15) is 0 Å². The molecule has 0 radical (unpaired) electrons. The van der Waals surface area contributed by atoms with Crippen LogP contribution in [0.3, 0.4) is 0 Å². The lowest BCUT2D eigenvalue weighted by Crippen LogP contribution is -1.97. The van der Waals surface area contributed by atoms with Gasteiger partial charge in [-0.3, -0.25) is 0 Å². The van der Waals surface area contributed by atoms with E-state index in [0.717, 1.165) is 0 Å². The van der Waals surface area contributed by atoms with Crippen molar-refractivity contribution in [2.75, 3.05) is 0 Å². The van der Waals surface area contributed by atoms with E-state index >= 15 is 0 Å². The van der Waals surface area contributed by atoms with Crippen LogP contribution >= 0.6 is 9.24 Å². The van der Waals surface area contributed by atoms with E-state index in [9.17, 15) is 0 Å². The summed E-state index contributed by atoms with van der Waals surface area (Å²) in [6.07, 6.45) is 5.54. The first-order valence-corrected chi connectivity index (χ1v) is 5.28. The molecule has 0 heterocycles. The van der Waals surface area contributed by atoms with E-state index in [2.05, 4.69) is 43.9 Å². The van der Waals surface area contributed by atoms with Crippen LogP contribution in [0, 0.1) is 0 Å². The monoisotopic (exact) mass is 176 g/mol. The molecule has 0 rings (SSSR count). The number of hydrogen-bond donors (Lipinski definition) is 0. The fourth-order valence-electron chi connectivity index (χ4n) is 0.500. The molecule has 0 aromatic rings. The third-order valence-corrected chi connectivity index (χ3v) is 0.957. The summed E-state index contributed by atoms with van der Waals surface area (Å²) in [6, 6.07) is 0. The Kier molecular flexibility index (Phi) is 10.8. The molecule has 70 valence electrons. The fourth-order valence-corrected chi connectivity index (χ4v) is 0.500. The topological polar surface area (TPSA) is 0 Å². The van der Waals surface area contributed by atoms with Crippen molar-refractivity contribution in [1.82, 2.24) is 0 Å². The van der Waals surface area contributed by atoms with Crippen LogP contribution < -0.4 is 0 Å². The molecular weight excluding hydrogens is 151 g/mol. The maximum Gasteiger partial charge on any atom is -0.0235 e. The van der Waals surface area contributed by atoms with Crippen molar-refractivity contribution in [3.8, 4) is 0 Å². The van der Waals surface area contributed by atoms with Gasteiger partial charge in [-0.1, -0.05) is 60.3 Å². The van der Waals surface area contributed by atoms with Gasteiger partial charge >= 0.3 is 0 Å². The average molecular weight is 176 g/mol. The minimum Gasteiger partial charge on any atom is -0.132 e. The second kappa shape index (κ2) is 8.53. The van der Waals surface area contributed by atoms with Crippen LogP contribution in [0.25, 0.3) is 0 Å². The van der Waals surface area contributed by atoms with Gasteiger partial charge in [0.1, 0.15) is 0 Å². The zero-order valence-corrected chi connectivity index (χ0v) is 10.1. The van der Waals surface area contributed by atoms with E-state index in [-0.39, 0.29) is 0 Å². The summed E-state index contributed by atoms with van der Waals surface area (Å²) in [5.41, 5.74) is 0. The maximum atomic E-state index is 2.72. The summed E-state index contributed by atoms with van der Waals surface area (Å²) in [5.74, 6) is 0. The molecule has 1 unspecified atom stereocenters. The van der Waals surface area contributed by atoms with Gasteiger partial charge in [-0.15, -0.1) is 9.24 Å². The maximum absolute atomic E-state index is 2.72. The third kappa shape index (κ3) is 63.0. The van der Waals surface area contributed by atoms with Crippen molar-refractivity contribution < 1.29 is 0 Å². The lowest BCUT2D eigenvalue weighted by molar-refractivity contribution is 0.702. The molecule has 0 spiro atoms. The smallest absolute Gasteiger partial charge is 0.0235 e. The standard InChI is InChI=1S/C6H14.C4H11P/c1-3-5-6-4-2;1-4(2,3)5/h3-6H2,1-2H3;5H2,1-3H3. The first-order valence-electron chi connectivity index (χ1n) is 4.70. The minimum absolute atomic E-state index is 0.417. The highest BCUT2D eigenvalue weighted by Gasteiger charge is 1.95. The Hall–Kier alpha value is 0.430. The summed E-state index contributed by atoms with van der Waals surface area (Å²) < 4.78 is 0. The Morgan fingerprint density at radius 2 is 1.09 bits per heavy atom. The molecule has 0 bridgehead atoms. The van der Waals surface area contributed by atoms with Crippen molar-refractivity contribution in [2.45, 2.75) is 65.5 Å². The summed E-state index contributed by atoms with van der Waals surface area (Å²) in [5, 5.41) is 0.417. The Morgan fingerprint density at radius 1 is 0.909 bits per heavy atom. The van der Waals surface area contributed by atoms with E-state index in [1.54, 1.807) is 0 Å². The summed E-state index contributed by atoms with van der Waals surface area (Å²) in [4.78, 5) is 0. The van der Waals surface area contributed by atoms with Gasteiger partial charge in [0.05, 0.1) is 0 Å². The van der Waals surface area contributed by atoms with E-state index in [4.69, 9.17) is 0 Å². The Morgan fingerprint density at radius 3 is 1.18 bits per heavy atom. The molecule has 0 N–H and O–H groups in total. The first-order chi connectivity index (χ1) is 4.91. The largest absolute Gasteiger partial charge is 0.132 e. The molecule has 0 aromatic heterocycles. The molecule has 11 heavy (non-hydrogen) atoms. The predicted octanol–water partition coefficient (Wildman–Crippen LogP) is 4.25. The predicted molar refractivity (Wildman–Crippen MR) is 59.3 cm³/mol. The fraction of sp³-hybridized carbons (Fsp3) is 1.00. The van der Waals surface area contributed by atoms with Crippen LogP contribution in [-0.4, -0.2) is 5.16 Å². The Bertz CT molecular complexity index is 51.8. The zero-order chi connectivity index (χ0) is 9.33. The van der Waals surface area contributed by atoms with Crippen molar-refractivity contribution in [3.05, 3.63) is 0 Å². The summed E-state index contributed by atoms with van der Waals surface area (Å²) in [6.45, 7) is 10.9. The lowest BCUT2D eigenvalue weighted by Gasteiger charge is -2.05. The van der Waals surface area contributed by atoms with Gasteiger partial charge < -0.3 is 0 Å². The van der Waals surface area contributed by atoms with Crippen LogP contribution in [0.4, 0.5) is 0 Å². The minimum atomic E-state index is 0.417. The highest BCUT2D eigenvalue weighted by molar-refractivity contribution is 7.18. The molecule has 0 nitrogen and oxygen atoms in total. The Labute approximate surface area is 75.4 Å². The molecule has 1 atom stereocenters. The normalized spacial score (nSPS) is 10.4. The molecule has 0 aliphatic carbocycles.